The molecule has 0 aliphatic rings. The Balaban J connectivity index is 2.53. The van der Waals surface area contributed by atoms with Crippen LogP contribution in [0.25, 0.3) is 0 Å². The zero-order valence-corrected chi connectivity index (χ0v) is 11.8. The highest BCUT2D eigenvalue weighted by atomic mass is 16.5. The number of benzene rings is 1. The molecule has 0 saturated carbocycles. The first-order chi connectivity index (χ1) is 9.04. The lowest BCUT2D eigenvalue weighted by Gasteiger charge is -2.16. The number of aliphatic hydroxyl groups excluding tert-OH is 1. The Labute approximate surface area is 114 Å². The van der Waals surface area contributed by atoms with Crippen molar-refractivity contribution in [3.8, 4) is 5.75 Å². The number of aliphatic hydroxyl groups is 1. The van der Waals surface area contributed by atoms with E-state index < -0.39 is 0 Å². The molecule has 19 heavy (non-hydrogen) atoms. The molecule has 5 nitrogen and oxygen atoms in total. The maximum Gasteiger partial charge on any atom is 0.253 e. The summed E-state index contributed by atoms with van der Waals surface area (Å²) in [6, 6.07) is 7.05. The number of hydrogen-bond acceptors (Lipinski definition) is 4. The van der Waals surface area contributed by atoms with Crippen molar-refractivity contribution in [2.75, 3.05) is 47.4 Å². The smallest absolute Gasteiger partial charge is 0.253 e. The molecular formula is C14H22N2O3. The summed E-state index contributed by atoms with van der Waals surface area (Å²) in [4.78, 5) is 15.4. The Hall–Kier alpha value is -1.59. The topological polar surface area (TPSA) is 53.0 Å². The minimum absolute atomic E-state index is 0.0338. The van der Waals surface area contributed by atoms with Gasteiger partial charge in [-0.3, -0.25) is 4.79 Å². The van der Waals surface area contributed by atoms with E-state index in [1.165, 1.54) is 4.90 Å². The number of carbonyl (C=O) groups excluding carboxylic acids is 1. The molecule has 1 aromatic carbocycles. The molecule has 106 valence electrons. The van der Waals surface area contributed by atoms with Gasteiger partial charge in [0, 0.05) is 25.7 Å². The summed E-state index contributed by atoms with van der Waals surface area (Å²) in [5.41, 5.74) is 0.593. The van der Waals surface area contributed by atoms with E-state index >= 15 is 0 Å². The minimum Gasteiger partial charge on any atom is -0.492 e. The molecular weight excluding hydrogens is 244 g/mol. The van der Waals surface area contributed by atoms with Crippen LogP contribution in [0, 0.1) is 0 Å². The maximum absolute atomic E-state index is 11.9. The normalized spacial score (nSPS) is 10.6. The van der Waals surface area contributed by atoms with Crippen LogP contribution in [0.4, 0.5) is 0 Å². The van der Waals surface area contributed by atoms with Crippen molar-refractivity contribution in [1.29, 1.82) is 0 Å². The summed E-state index contributed by atoms with van der Waals surface area (Å²) < 4.78 is 5.55. The van der Waals surface area contributed by atoms with Gasteiger partial charge in [0.15, 0.2) is 0 Å². The van der Waals surface area contributed by atoms with Crippen LogP contribution in [0.1, 0.15) is 10.4 Å². The van der Waals surface area contributed by atoms with Gasteiger partial charge in [-0.15, -0.1) is 0 Å². The first kappa shape index (κ1) is 15.5. The lowest BCUT2D eigenvalue weighted by Crippen LogP contribution is -2.29. The molecule has 1 rings (SSSR count). The summed E-state index contributed by atoms with van der Waals surface area (Å²) in [6.45, 7) is 1.76. The van der Waals surface area contributed by atoms with E-state index in [1.54, 1.807) is 31.3 Å². The van der Waals surface area contributed by atoms with Gasteiger partial charge < -0.3 is 19.6 Å². The largest absolute Gasteiger partial charge is 0.492 e. The van der Waals surface area contributed by atoms with E-state index in [0.717, 1.165) is 12.3 Å². The van der Waals surface area contributed by atoms with E-state index in [-0.39, 0.29) is 12.5 Å². The average Bonchev–Trinajstić information content (AvgIpc) is 2.38. The molecule has 1 aromatic rings. The van der Waals surface area contributed by atoms with E-state index in [1.807, 2.05) is 19.0 Å². The molecule has 0 aromatic heterocycles. The molecule has 0 spiro atoms. The molecule has 0 bridgehead atoms. The zero-order chi connectivity index (χ0) is 14.3. The van der Waals surface area contributed by atoms with Crippen molar-refractivity contribution in [1.82, 2.24) is 9.80 Å². The molecule has 0 unspecified atom stereocenters. The van der Waals surface area contributed by atoms with Crippen LogP contribution in [-0.4, -0.2) is 68.3 Å². The number of ether oxygens (including phenoxy) is 1. The van der Waals surface area contributed by atoms with Crippen molar-refractivity contribution in [3.63, 3.8) is 0 Å². The molecule has 0 aliphatic heterocycles. The fourth-order valence-corrected chi connectivity index (χ4v) is 1.51. The average molecular weight is 266 g/mol. The lowest BCUT2D eigenvalue weighted by molar-refractivity contribution is 0.0767. The minimum atomic E-state index is -0.103. The fourth-order valence-electron chi connectivity index (χ4n) is 1.51. The van der Waals surface area contributed by atoms with Crippen LogP contribution in [0.5, 0.6) is 5.75 Å². The van der Waals surface area contributed by atoms with Gasteiger partial charge in [-0.25, -0.2) is 0 Å². The predicted molar refractivity (Wildman–Crippen MR) is 74.5 cm³/mol. The molecule has 0 fully saturated rings. The third kappa shape index (κ3) is 5.28. The number of carbonyl (C=O) groups is 1. The lowest BCUT2D eigenvalue weighted by atomic mass is 10.2. The highest BCUT2D eigenvalue weighted by molar-refractivity contribution is 5.94. The molecule has 0 radical (unpaired) electrons. The molecule has 0 aliphatic carbocycles. The van der Waals surface area contributed by atoms with Crippen LogP contribution in [0.3, 0.4) is 0 Å². The molecule has 1 N–H and O–H groups in total. The van der Waals surface area contributed by atoms with Gasteiger partial charge in [0.05, 0.1) is 6.61 Å². The van der Waals surface area contributed by atoms with Crippen molar-refractivity contribution < 1.29 is 14.6 Å². The van der Waals surface area contributed by atoms with Gasteiger partial charge in [0.25, 0.3) is 5.91 Å². The van der Waals surface area contributed by atoms with Crippen LogP contribution >= 0.6 is 0 Å². The summed E-state index contributed by atoms with van der Waals surface area (Å²) in [5.74, 6) is 0.650. The monoisotopic (exact) mass is 266 g/mol. The van der Waals surface area contributed by atoms with Crippen molar-refractivity contribution >= 4 is 5.91 Å². The van der Waals surface area contributed by atoms with E-state index in [0.29, 0.717) is 18.7 Å². The predicted octanol–water partition coefficient (Wildman–Crippen LogP) is 0.691. The zero-order valence-electron chi connectivity index (χ0n) is 11.8. The van der Waals surface area contributed by atoms with Gasteiger partial charge in [-0.05, 0) is 38.4 Å². The van der Waals surface area contributed by atoms with Crippen LogP contribution in [0.2, 0.25) is 0 Å². The number of amides is 1. The van der Waals surface area contributed by atoms with Crippen LogP contribution in [0.15, 0.2) is 24.3 Å². The molecule has 1 amide bonds. The highest BCUT2D eigenvalue weighted by Gasteiger charge is 2.10. The third-order valence-electron chi connectivity index (χ3n) is 2.69. The quantitative estimate of drug-likeness (QED) is 0.789. The summed E-state index contributed by atoms with van der Waals surface area (Å²) >= 11 is 0. The number of rotatable bonds is 7. The van der Waals surface area contributed by atoms with Gasteiger partial charge in [-0.2, -0.15) is 0 Å². The Morgan fingerprint density at radius 3 is 2.32 bits per heavy atom. The second-order valence-corrected chi connectivity index (χ2v) is 4.63. The Kier molecular flexibility index (Phi) is 6.32. The van der Waals surface area contributed by atoms with Gasteiger partial charge in [0.1, 0.15) is 12.4 Å². The third-order valence-corrected chi connectivity index (χ3v) is 2.69. The maximum atomic E-state index is 11.9. The van der Waals surface area contributed by atoms with Crippen molar-refractivity contribution in [2.24, 2.45) is 0 Å². The van der Waals surface area contributed by atoms with Gasteiger partial charge in [0.2, 0.25) is 0 Å². The van der Waals surface area contributed by atoms with E-state index in [4.69, 9.17) is 9.84 Å². The summed E-state index contributed by atoms with van der Waals surface area (Å²) in [7, 11) is 5.64. The standard InChI is InChI=1S/C14H22N2O3/c1-15(2)9-11-19-13-6-4-12(5-7-13)14(18)16(3)8-10-17/h4-7,17H,8-11H2,1-3H3. The molecule has 0 atom stereocenters. The first-order valence-corrected chi connectivity index (χ1v) is 6.28. The molecule has 0 saturated heterocycles. The summed E-state index contributed by atoms with van der Waals surface area (Å²) in [6.07, 6.45) is 0. The van der Waals surface area contributed by atoms with Gasteiger partial charge >= 0.3 is 0 Å². The second-order valence-electron chi connectivity index (χ2n) is 4.63. The Morgan fingerprint density at radius 1 is 1.16 bits per heavy atom. The van der Waals surface area contributed by atoms with E-state index in [9.17, 15) is 4.79 Å². The number of hydrogen-bond donors (Lipinski definition) is 1. The van der Waals surface area contributed by atoms with Crippen molar-refractivity contribution in [2.45, 2.75) is 0 Å². The van der Waals surface area contributed by atoms with Gasteiger partial charge in [-0.1, -0.05) is 0 Å². The molecule has 5 heteroatoms. The second kappa shape index (κ2) is 7.76. The van der Waals surface area contributed by atoms with Crippen molar-refractivity contribution in [3.05, 3.63) is 29.8 Å². The van der Waals surface area contributed by atoms with Crippen LogP contribution < -0.4 is 4.74 Å². The molecule has 0 heterocycles. The van der Waals surface area contributed by atoms with Crippen LogP contribution in [-0.2, 0) is 0 Å². The fraction of sp³-hybridized carbons (Fsp3) is 0.500. The highest BCUT2D eigenvalue weighted by Crippen LogP contribution is 2.13. The first-order valence-electron chi connectivity index (χ1n) is 6.28. The number of nitrogens with zero attached hydrogens (tertiary/aromatic N) is 2. The Morgan fingerprint density at radius 2 is 1.79 bits per heavy atom. The number of likely N-dealkylation sites (N-methyl/N-ethyl adjacent to an activating group) is 2. The SMILES string of the molecule is CN(C)CCOc1ccc(C(=O)N(C)CCO)cc1. The summed E-state index contributed by atoms with van der Waals surface area (Å²) in [5, 5.41) is 8.80. The Bertz CT molecular complexity index is 390. The van der Waals surface area contributed by atoms with E-state index in [2.05, 4.69) is 0 Å².